The highest BCUT2D eigenvalue weighted by atomic mass is 32.2. The number of amides is 1. The molecule has 1 aliphatic heterocycles. The van der Waals surface area contributed by atoms with Crippen molar-refractivity contribution in [3.8, 4) is 0 Å². The number of hydrogen-bond donors (Lipinski definition) is 0. The summed E-state index contributed by atoms with van der Waals surface area (Å²) in [4.78, 5) is 13.9. The van der Waals surface area contributed by atoms with Gasteiger partial charge in [-0.2, -0.15) is 5.10 Å². The number of rotatable bonds is 1. The van der Waals surface area contributed by atoms with Gasteiger partial charge in [-0.15, -0.1) is 0 Å². The van der Waals surface area contributed by atoms with E-state index in [2.05, 4.69) is 5.10 Å². The van der Waals surface area contributed by atoms with Gasteiger partial charge in [0.05, 0.1) is 10.6 Å². The highest BCUT2D eigenvalue weighted by Gasteiger charge is 2.28. The van der Waals surface area contributed by atoms with Crippen LogP contribution >= 0.6 is 24.0 Å². The largest absolute Gasteiger partial charge is 0.296 e. The molecule has 1 saturated heterocycles. The van der Waals surface area contributed by atoms with Crippen molar-refractivity contribution in [1.82, 2.24) is 14.7 Å². The Morgan fingerprint density at radius 1 is 1.50 bits per heavy atom. The second kappa shape index (κ2) is 4.03. The van der Waals surface area contributed by atoms with Crippen LogP contribution in [0.1, 0.15) is 11.3 Å². The Morgan fingerprint density at radius 3 is 2.62 bits per heavy atom. The molecule has 0 aromatic carbocycles. The maximum Gasteiger partial charge on any atom is 0.265 e. The first kappa shape index (κ1) is 11.3. The van der Waals surface area contributed by atoms with E-state index in [0.29, 0.717) is 9.23 Å². The molecule has 1 aliphatic rings. The zero-order valence-electron chi connectivity index (χ0n) is 9.22. The van der Waals surface area contributed by atoms with Crippen molar-refractivity contribution in [2.45, 2.75) is 6.92 Å². The lowest BCUT2D eigenvalue weighted by molar-refractivity contribution is -0.121. The van der Waals surface area contributed by atoms with Gasteiger partial charge in [-0.1, -0.05) is 24.0 Å². The summed E-state index contributed by atoms with van der Waals surface area (Å²) in [5.41, 5.74) is 1.86. The predicted molar refractivity (Wildman–Crippen MR) is 68.9 cm³/mol. The van der Waals surface area contributed by atoms with Crippen molar-refractivity contribution < 1.29 is 4.79 Å². The number of likely N-dealkylation sites (N-methyl/N-ethyl adjacent to an activating group) is 1. The third kappa shape index (κ3) is 1.90. The van der Waals surface area contributed by atoms with Gasteiger partial charge in [0.1, 0.15) is 4.32 Å². The van der Waals surface area contributed by atoms with Crippen molar-refractivity contribution in [1.29, 1.82) is 0 Å². The molecule has 0 unspecified atom stereocenters. The first-order valence-electron chi connectivity index (χ1n) is 4.71. The maximum atomic E-state index is 11.8. The van der Waals surface area contributed by atoms with Gasteiger partial charge in [-0.05, 0) is 13.0 Å². The smallest absolute Gasteiger partial charge is 0.265 e. The molecule has 0 saturated carbocycles. The summed E-state index contributed by atoms with van der Waals surface area (Å²) >= 11 is 6.38. The monoisotopic (exact) mass is 253 g/mol. The fourth-order valence-corrected chi connectivity index (χ4v) is 2.62. The molecule has 0 atom stereocenters. The predicted octanol–water partition coefficient (Wildman–Crippen LogP) is 1.56. The van der Waals surface area contributed by atoms with E-state index in [4.69, 9.17) is 12.2 Å². The van der Waals surface area contributed by atoms with Crippen LogP contribution in [0, 0.1) is 6.92 Å². The number of carbonyl (C=O) groups excluding carboxylic acids is 1. The number of thiocarbonyl (C=S) groups is 1. The molecular weight excluding hydrogens is 242 g/mol. The van der Waals surface area contributed by atoms with E-state index in [1.165, 1.54) is 16.7 Å². The van der Waals surface area contributed by atoms with Gasteiger partial charge >= 0.3 is 0 Å². The van der Waals surface area contributed by atoms with Crippen molar-refractivity contribution in [3.05, 3.63) is 22.4 Å². The van der Waals surface area contributed by atoms with Gasteiger partial charge in [0.25, 0.3) is 5.91 Å². The van der Waals surface area contributed by atoms with E-state index in [9.17, 15) is 4.79 Å². The average molecular weight is 253 g/mol. The van der Waals surface area contributed by atoms with E-state index in [0.717, 1.165) is 11.3 Å². The van der Waals surface area contributed by atoms with Gasteiger partial charge in [0.15, 0.2) is 0 Å². The Balaban J connectivity index is 2.36. The van der Waals surface area contributed by atoms with Gasteiger partial charge < -0.3 is 0 Å². The lowest BCUT2D eigenvalue weighted by atomic mass is 10.2. The summed E-state index contributed by atoms with van der Waals surface area (Å²) in [7, 11) is 3.55. The lowest BCUT2D eigenvalue weighted by Crippen LogP contribution is -2.22. The maximum absolute atomic E-state index is 11.8. The number of aromatic nitrogens is 2. The summed E-state index contributed by atoms with van der Waals surface area (Å²) < 4.78 is 2.33. The quantitative estimate of drug-likeness (QED) is 0.562. The SMILES string of the molecule is Cc1nn(C)cc1C=C1SC(=S)N(C)C1=O. The van der Waals surface area contributed by atoms with E-state index in [1.807, 2.05) is 26.2 Å². The molecular formula is C10H11N3OS2. The van der Waals surface area contributed by atoms with Crippen LogP contribution < -0.4 is 0 Å². The van der Waals surface area contributed by atoms with E-state index >= 15 is 0 Å². The van der Waals surface area contributed by atoms with Crippen LogP contribution in [0.3, 0.4) is 0 Å². The minimum Gasteiger partial charge on any atom is -0.296 e. The summed E-state index contributed by atoms with van der Waals surface area (Å²) in [6.45, 7) is 1.92. The standard InChI is InChI=1S/C10H11N3OS2/c1-6-7(5-12(2)11-6)4-8-9(14)13(3)10(15)16-8/h4-5H,1-3H3. The Morgan fingerprint density at radius 2 is 2.19 bits per heavy atom. The molecule has 2 rings (SSSR count). The van der Waals surface area contributed by atoms with E-state index in [-0.39, 0.29) is 5.91 Å². The number of thioether (sulfide) groups is 1. The molecule has 16 heavy (non-hydrogen) atoms. The first-order chi connectivity index (χ1) is 7.49. The molecule has 0 spiro atoms. The van der Waals surface area contributed by atoms with Crippen molar-refractivity contribution in [3.63, 3.8) is 0 Å². The molecule has 0 radical (unpaired) electrons. The van der Waals surface area contributed by atoms with Crippen LogP contribution in [-0.2, 0) is 11.8 Å². The summed E-state index contributed by atoms with van der Waals surface area (Å²) in [5.74, 6) is -0.0433. The summed E-state index contributed by atoms with van der Waals surface area (Å²) in [6.07, 6.45) is 3.72. The van der Waals surface area contributed by atoms with Crippen LogP contribution in [0.4, 0.5) is 0 Å². The third-order valence-corrected chi connectivity index (χ3v) is 3.81. The Bertz CT molecular complexity index is 504. The first-order valence-corrected chi connectivity index (χ1v) is 5.93. The van der Waals surface area contributed by atoms with Crippen molar-refractivity contribution >= 4 is 40.3 Å². The Kier molecular flexibility index (Phi) is 2.86. The van der Waals surface area contributed by atoms with Gasteiger partial charge in [0, 0.05) is 25.9 Å². The van der Waals surface area contributed by atoms with Crippen LogP contribution in [0.2, 0.25) is 0 Å². The zero-order valence-corrected chi connectivity index (χ0v) is 10.9. The molecule has 84 valence electrons. The second-order valence-corrected chi connectivity index (χ2v) is 5.26. The van der Waals surface area contributed by atoms with Crippen LogP contribution in [-0.4, -0.2) is 32.0 Å². The van der Waals surface area contributed by atoms with Crippen molar-refractivity contribution in [2.24, 2.45) is 7.05 Å². The second-order valence-electron chi connectivity index (χ2n) is 3.58. The van der Waals surface area contributed by atoms with Crippen LogP contribution in [0.25, 0.3) is 6.08 Å². The van der Waals surface area contributed by atoms with Gasteiger partial charge in [0.2, 0.25) is 0 Å². The van der Waals surface area contributed by atoms with Gasteiger partial charge in [-0.3, -0.25) is 14.4 Å². The van der Waals surface area contributed by atoms with Crippen LogP contribution in [0.15, 0.2) is 11.1 Å². The summed E-state index contributed by atoms with van der Waals surface area (Å²) in [6, 6.07) is 0. The molecule has 0 aliphatic carbocycles. The topological polar surface area (TPSA) is 38.1 Å². The fourth-order valence-electron chi connectivity index (χ4n) is 1.45. The lowest BCUT2D eigenvalue weighted by Gasteiger charge is -2.03. The highest BCUT2D eigenvalue weighted by Crippen LogP contribution is 2.31. The molecule has 1 fully saturated rings. The minimum atomic E-state index is -0.0433. The molecule has 0 bridgehead atoms. The molecule has 0 N–H and O–H groups in total. The molecule has 4 nitrogen and oxygen atoms in total. The number of nitrogens with zero attached hydrogens (tertiary/aromatic N) is 3. The molecule has 2 heterocycles. The summed E-state index contributed by atoms with van der Waals surface area (Å²) in [5, 5.41) is 4.22. The van der Waals surface area contributed by atoms with E-state index < -0.39 is 0 Å². The average Bonchev–Trinajstić information content (AvgIpc) is 2.64. The normalized spacial score (nSPS) is 18.9. The van der Waals surface area contributed by atoms with E-state index in [1.54, 1.807) is 11.7 Å². The molecule has 6 heteroatoms. The molecule has 1 amide bonds. The number of aryl methyl sites for hydroxylation is 2. The van der Waals surface area contributed by atoms with Crippen LogP contribution in [0.5, 0.6) is 0 Å². The Labute approximate surface area is 103 Å². The van der Waals surface area contributed by atoms with Gasteiger partial charge in [-0.25, -0.2) is 0 Å². The minimum absolute atomic E-state index is 0.0433. The zero-order chi connectivity index (χ0) is 11.9. The molecule has 1 aromatic rings. The van der Waals surface area contributed by atoms with Crippen molar-refractivity contribution in [2.75, 3.05) is 7.05 Å². The Hall–Kier alpha value is -1.14. The number of carbonyl (C=O) groups is 1. The third-order valence-electron chi connectivity index (χ3n) is 2.32. The fraction of sp³-hybridized carbons (Fsp3) is 0.300. The number of hydrogen-bond acceptors (Lipinski definition) is 4. The molecule has 1 aromatic heterocycles. The highest BCUT2D eigenvalue weighted by molar-refractivity contribution is 8.26.